The maximum atomic E-state index is 13.7. The molecule has 0 aliphatic carbocycles. The van der Waals surface area contributed by atoms with Gasteiger partial charge in [-0.1, -0.05) is 18.2 Å². The number of carbonyl (C=O) groups is 4. The summed E-state index contributed by atoms with van der Waals surface area (Å²) in [6, 6.07) is 14.5. The molecule has 2 aliphatic rings. The lowest BCUT2D eigenvalue weighted by Crippen LogP contribution is -2.80. The quantitative estimate of drug-likeness (QED) is 0.0672. The Kier molecular flexibility index (Phi) is 8.27. The van der Waals surface area contributed by atoms with E-state index in [0.717, 1.165) is 0 Å². The number of methoxy groups -OCH3 is 1. The molecule has 3 heterocycles. The Labute approximate surface area is 254 Å². The number of thioether (sulfide) groups is 1. The summed E-state index contributed by atoms with van der Waals surface area (Å²) in [7, 11) is 1.27. The van der Waals surface area contributed by atoms with Crippen molar-refractivity contribution >= 4 is 52.5 Å². The minimum absolute atomic E-state index is 0.0926. The van der Waals surface area contributed by atoms with Crippen LogP contribution >= 0.6 is 23.1 Å². The number of ether oxygens (including phenoxy) is 3. The van der Waals surface area contributed by atoms with Crippen LogP contribution in [-0.2, 0) is 35.3 Å². The van der Waals surface area contributed by atoms with Crippen molar-refractivity contribution in [2.45, 2.75) is 48.3 Å². The molecule has 3 aromatic rings. The summed E-state index contributed by atoms with van der Waals surface area (Å²) in [6.07, 6.45) is 0. The van der Waals surface area contributed by atoms with Crippen molar-refractivity contribution in [3.05, 3.63) is 92.7 Å². The van der Waals surface area contributed by atoms with Crippen molar-refractivity contribution in [1.82, 2.24) is 10.2 Å². The van der Waals surface area contributed by atoms with Crippen molar-refractivity contribution in [2.75, 3.05) is 7.11 Å². The fourth-order valence-electron chi connectivity index (χ4n) is 5.06. The Hall–Kier alpha value is -4.27. The van der Waals surface area contributed by atoms with Gasteiger partial charge in [-0.25, -0.2) is 4.79 Å². The molecule has 5 rings (SSSR count). The predicted octanol–water partition coefficient (Wildman–Crippen LogP) is 3.61. The van der Waals surface area contributed by atoms with Gasteiger partial charge < -0.3 is 24.4 Å². The number of thiophene rings is 1. The number of carbonyl (C=O) groups excluding carboxylic acids is 4. The molecule has 0 radical (unpaired) electrons. The van der Waals surface area contributed by atoms with Crippen LogP contribution in [0.3, 0.4) is 0 Å². The highest BCUT2D eigenvalue weighted by molar-refractivity contribution is 8.01. The molecule has 1 N–H and O–H groups in total. The summed E-state index contributed by atoms with van der Waals surface area (Å²) in [5.74, 6) is -4.09. The van der Waals surface area contributed by atoms with Gasteiger partial charge in [-0.3, -0.25) is 24.5 Å². The van der Waals surface area contributed by atoms with Crippen LogP contribution in [0.2, 0.25) is 0 Å². The number of nitro groups is 1. The van der Waals surface area contributed by atoms with Gasteiger partial charge >= 0.3 is 11.9 Å². The van der Waals surface area contributed by atoms with E-state index < -0.39 is 56.5 Å². The SMILES string of the molecule is CO[C@@]1(NC(=O)C(C(=O)Oc2ccccc2)c2ccsc2)C(=O)N2[C@@H](C(=O)OCc3ccc([N+](=O)[O-])cc3)C(C)(C)S[C@@H]21. The molecule has 0 bridgehead atoms. The molecule has 0 spiro atoms. The van der Waals surface area contributed by atoms with Crippen LogP contribution in [0.1, 0.15) is 30.9 Å². The van der Waals surface area contributed by atoms with Gasteiger partial charge in [-0.05, 0) is 66.1 Å². The summed E-state index contributed by atoms with van der Waals surface area (Å²) in [4.78, 5) is 65.5. The van der Waals surface area contributed by atoms with Gasteiger partial charge in [0.2, 0.25) is 5.91 Å². The number of nitrogens with zero attached hydrogens (tertiary/aromatic N) is 2. The molecule has 14 heteroatoms. The van der Waals surface area contributed by atoms with Crippen LogP contribution in [0.4, 0.5) is 5.69 Å². The lowest BCUT2D eigenvalue weighted by atomic mass is 9.92. The van der Waals surface area contributed by atoms with Crippen LogP contribution in [0.5, 0.6) is 5.75 Å². The molecular formula is C29H27N3O9S2. The van der Waals surface area contributed by atoms with Crippen LogP contribution in [-0.4, -0.2) is 62.6 Å². The first kappa shape index (κ1) is 30.2. The Morgan fingerprint density at radius 1 is 1.09 bits per heavy atom. The number of amides is 2. The maximum absolute atomic E-state index is 13.7. The summed E-state index contributed by atoms with van der Waals surface area (Å²) < 4.78 is 15.8. The highest BCUT2D eigenvalue weighted by atomic mass is 32.2. The van der Waals surface area contributed by atoms with E-state index in [2.05, 4.69) is 5.32 Å². The summed E-state index contributed by atoms with van der Waals surface area (Å²) >= 11 is 2.55. The molecule has 2 aliphatic heterocycles. The average molecular weight is 626 g/mol. The Morgan fingerprint density at radius 2 is 1.79 bits per heavy atom. The van der Waals surface area contributed by atoms with E-state index in [0.29, 0.717) is 11.1 Å². The molecule has 4 atom stereocenters. The van der Waals surface area contributed by atoms with Gasteiger partial charge in [0.15, 0.2) is 5.92 Å². The molecule has 1 unspecified atom stereocenters. The first-order chi connectivity index (χ1) is 20.5. The zero-order chi connectivity index (χ0) is 30.9. The normalized spacial score (nSPS) is 22.6. The predicted molar refractivity (Wildman–Crippen MR) is 156 cm³/mol. The second-order valence-electron chi connectivity index (χ2n) is 10.4. The van der Waals surface area contributed by atoms with Crippen molar-refractivity contribution in [3.8, 4) is 5.75 Å². The molecule has 12 nitrogen and oxygen atoms in total. The van der Waals surface area contributed by atoms with Gasteiger partial charge in [0.1, 0.15) is 23.8 Å². The van der Waals surface area contributed by atoms with E-state index in [1.165, 1.54) is 59.4 Å². The van der Waals surface area contributed by atoms with Gasteiger partial charge in [0.05, 0.1) is 4.92 Å². The maximum Gasteiger partial charge on any atom is 0.330 e. The van der Waals surface area contributed by atoms with Crippen molar-refractivity contribution < 1.29 is 38.3 Å². The fraction of sp³-hybridized carbons (Fsp3) is 0.310. The molecule has 0 saturated carbocycles. The van der Waals surface area contributed by atoms with E-state index in [-0.39, 0.29) is 18.0 Å². The number of para-hydroxylation sites is 1. The van der Waals surface area contributed by atoms with Crippen LogP contribution < -0.4 is 10.1 Å². The van der Waals surface area contributed by atoms with E-state index >= 15 is 0 Å². The number of non-ortho nitro benzene ring substituents is 1. The third-order valence-corrected chi connectivity index (χ3v) is 9.54. The monoisotopic (exact) mass is 625 g/mol. The lowest BCUT2D eigenvalue weighted by molar-refractivity contribution is -0.384. The second kappa shape index (κ2) is 11.8. The van der Waals surface area contributed by atoms with Gasteiger partial charge in [0, 0.05) is 24.0 Å². The zero-order valence-corrected chi connectivity index (χ0v) is 24.9. The first-order valence-corrected chi connectivity index (χ1v) is 14.9. The molecule has 2 aromatic carbocycles. The number of nitro benzene ring substituents is 1. The van der Waals surface area contributed by atoms with Crippen molar-refractivity contribution in [2.24, 2.45) is 0 Å². The number of esters is 2. The smallest absolute Gasteiger partial charge is 0.330 e. The Balaban J connectivity index is 1.32. The third kappa shape index (κ3) is 5.60. The number of benzene rings is 2. The largest absolute Gasteiger partial charge is 0.459 e. The number of rotatable bonds is 10. The number of hydrogen-bond donors (Lipinski definition) is 1. The topological polar surface area (TPSA) is 154 Å². The molecule has 2 amide bonds. The Bertz CT molecular complexity index is 1550. The average Bonchev–Trinajstić information content (AvgIpc) is 3.60. The lowest BCUT2D eigenvalue weighted by Gasteiger charge is -2.51. The standard InChI is InChI=1S/C29H27N3O9S2/c1-28(2)22(25(35)40-15-17-9-11-19(12-10-17)32(37)38)31-26(36)29(39-3,27(31)43-28)30-23(33)21(18-13-14-42-16-18)24(34)41-20-7-5-4-6-8-20/h4-14,16,21-22,27H,15H2,1-3H3,(H,30,33)/t21?,22-,27+,29-/m0/s1. The second-order valence-corrected chi connectivity index (χ2v) is 12.9. The number of nitrogens with one attached hydrogen (secondary N) is 1. The highest BCUT2D eigenvalue weighted by Gasteiger charge is 2.73. The molecule has 1 aromatic heterocycles. The van der Waals surface area contributed by atoms with E-state index in [1.54, 1.807) is 61.0 Å². The highest BCUT2D eigenvalue weighted by Crippen LogP contribution is 2.55. The van der Waals surface area contributed by atoms with E-state index in [1.807, 2.05) is 0 Å². The third-order valence-electron chi connectivity index (χ3n) is 7.22. The minimum Gasteiger partial charge on any atom is -0.459 e. The van der Waals surface area contributed by atoms with Gasteiger partial charge in [-0.15, -0.1) is 11.8 Å². The summed E-state index contributed by atoms with van der Waals surface area (Å²) in [5.41, 5.74) is -1.00. The molecule has 2 saturated heterocycles. The van der Waals surface area contributed by atoms with E-state index in [4.69, 9.17) is 14.2 Å². The van der Waals surface area contributed by atoms with Crippen LogP contribution in [0, 0.1) is 10.1 Å². The molecule has 43 heavy (non-hydrogen) atoms. The van der Waals surface area contributed by atoms with Crippen LogP contribution in [0.15, 0.2) is 71.4 Å². The first-order valence-electron chi connectivity index (χ1n) is 13.0. The molecule has 2 fully saturated rings. The van der Waals surface area contributed by atoms with Crippen molar-refractivity contribution in [1.29, 1.82) is 0 Å². The van der Waals surface area contributed by atoms with Crippen molar-refractivity contribution in [3.63, 3.8) is 0 Å². The van der Waals surface area contributed by atoms with Crippen LogP contribution in [0.25, 0.3) is 0 Å². The number of hydrogen-bond acceptors (Lipinski definition) is 11. The zero-order valence-electron chi connectivity index (χ0n) is 23.3. The molecular weight excluding hydrogens is 598 g/mol. The Morgan fingerprint density at radius 3 is 2.40 bits per heavy atom. The van der Waals surface area contributed by atoms with E-state index in [9.17, 15) is 29.3 Å². The number of β-lactam (4-membered cyclic amide) rings is 1. The number of fused-ring (bicyclic) bond motifs is 1. The van der Waals surface area contributed by atoms with Gasteiger partial charge in [0.25, 0.3) is 17.3 Å². The molecule has 224 valence electrons. The fourth-order valence-corrected chi connectivity index (χ4v) is 7.42. The van der Waals surface area contributed by atoms with Gasteiger partial charge in [-0.2, -0.15) is 11.3 Å². The summed E-state index contributed by atoms with van der Waals surface area (Å²) in [6.45, 7) is 3.39. The summed E-state index contributed by atoms with van der Waals surface area (Å²) in [5, 5.41) is 16.1. The minimum atomic E-state index is -1.84.